The maximum atomic E-state index is 4.06. The van der Waals surface area contributed by atoms with Crippen LogP contribution in [0.5, 0.6) is 0 Å². The fourth-order valence-corrected chi connectivity index (χ4v) is 1.33. The van der Waals surface area contributed by atoms with E-state index >= 15 is 0 Å². The van der Waals surface area contributed by atoms with E-state index in [2.05, 4.69) is 56.5 Å². The molecule has 0 aliphatic heterocycles. The fourth-order valence-electron chi connectivity index (χ4n) is 1.25. The van der Waals surface area contributed by atoms with Crippen LogP contribution in [0.25, 0.3) is 0 Å². The van der Waals surface area contributed by atoms with Crippen LogP contribution in [0.1, 0.15) is 30.9 Å². The van der Waals surface area contributed by atoms with E-state index in [9.17, 15) is 0 Å². The molecule has 0 saturated carbocycles. The van der Waals surface area contributed by atoms with Gasteiger partial charge < -0.3 is 0 Å². The van der Waals surface area contributed by atoms with Gasteiger partial charge in [0, 0.05) is 5.56 Å². The molecular weight excluding hydrogens is 176 g/mol. The minimum absolute atomic E-state index is 0.533. The summed E-state index contributed by atoms with van der Waals surface area (Å²) < 4.78 is 0. The molecule has 1 aromatic carbocycles. The molecule has 0 atom stereocenters. The van der Waals surface area contributed by atoms with Gasteiger partial charge in [-0.15, -0.1) is 0 Å². The van der Waals surface area contributed by atoms with Gasteiger partial charge in [-0.3, -0.25) is 0 Å². The monoisotopic (exact) mass is 190 g/mol. The molecule has 0 unspecified atom stereocenters. The Hall–Kier alpha value is -0.870. The van der Waals surface area contributed by atoms with Crippen molar-refractivity contribution in [3.63, 3.8) is 0 Å². The van der Waals surface area contributed by atoms with Crippen LogP contribution < -0.4 is 0 Å². The number of rotatable bonds is 1. The van der Waals surface area contributed by atoms with Crippen molar-refractivity contribution in [3.8, 4) is 11.8 Å². The fraction of sp³-hybridized carbons (Fsp3) is 0.333. The topological polar surface area (TPSA) is 0 Å². The Bertz CT molecular complexity index is 328. The molecule has 0 aromatic heterocycles. The Labute approximate surface area is 85.8 Å². The normalized spacial score (nSPS) is 9.54. The summed E-state index contributed by atoms with van der Waals surface area (Å²) in [6, 6.07) is 8.27. The Morgan fingerprint density at radius 1 is 1.31 bits per heavy atom. The van der Waals surface area contributed by atoms with Gasteiger partial charge >= 0.3 is 0 Å². The van der Waals surface area contributed by atoms with Crippen molar-refractivity contribution in [2.75, 3.05) is 5.75 Å². The van der Waals surface area contributed by atoms with Crippen LogP contribution >= 0.6 is 12.6 Å². The zero-order valence-corrected chi connectivity index (χ0v) is 8.94. The molecule has 0 radical (unpaired) electrons. The first-order valence-corrected chi connectivity index (χ1v) is 5.07. The zero-order chi connectivity index (χ0) is 9.68. The molecule has 0 aliphatic rings. The standard InChI is InChI=1S/C12H14S/c1-10(2)12-8-4-3-6-11(12)7-5-9-13/h3-4,6,8,10,13H,9H2,1-2H3. The van der Waals surface area contributed by atoms with E-state index in [1.54, 1.807) is 0 Å². The van der Waals surface area contributed by atoms with Gasteiger partial charge in [0.15, 0.2) is 0 Å². The molecule has 0 spiro atoms. The number of hydrogen-bond acceptors (Lipinski definition) is 1. The lowest BCUT2D eigenvalue weighted by Gasteiger charge is -2.06. The van der Waals surface area contributed by atoms with Crippen molar-refractivity contribution in [2.45, 2.75) is 19.8 Å². The third kappa shape index (κ3) is 2.82. The van der Waals surface area contributed by atoms with Crippen molar-refractivity contribution in [1.82, 2.24) is 0 Å². The highest BCUT2D eigenvalue weighted by Gasteiger charge is 2.02. The van der Waals surface area contributed by atoms with Crippen LogP contribution in [0.4, 0.5) is 0 Å². The smallest absolute Gasteiger partial charge is 0.0521 e. The Morgan fingerprint density at radius 2 is 2.00 bits per heavy atom. The molecule has 0 heterocycles. The van der Waals surface area contributed by atoms with Crippen LogP contribution in [-0.2, 0) is 0 Å². The molecular formula is C12H14S. The van der Waals surface area contributed by atoms with Crippen LogP contribution in [0, 0.1) is 11.8 Å². The van der Waals surface area contributed by atoms with Crippen molar-refractivity contribution in [2.24, 2.45) is 0 Å². The summed E-state index contributed by atoms with van der Waals surface area (Å²) in [5, 5.41) is 0. The van der Waals surface area contributed by atoms with Gasteiger partial charge in [-0.25, -0.2) is 0 Å². The molecule has 0 bridgehead atoms. The average Bonchev–Trinajstić information content (AvgIpc) is 2.15. The lowest BCUT2D eigenvalue weighted by molar-refractivity contribution is 0.863. The van der Waals surface area contributed by atoms with E-state index < -0.39 is 0 Å². The summed E-state index contributed by atoms with van der Waals surface area (Å²) in [7, 11) is 0. The predicted octanol–water partition coefficient (Wildman–Crippen LogP) is 3.09. The summed E-state index contributed by atoms with van der Waals surface area (Å²) in [5.41, 5.74) is 2.45. The van der Waals surface area contributed by atoms with Gasteiger partial charge in [0.2, 0.25) is 0 Å². The van der Waals surface area contributed by atoms with Gasteiger partial charge in [0.25, 0.3) is 0 Å². The first-order chi connectivity index (χ1) is 6.25. The molecule has 0 aliphatic carbocycles. The molecule has 1 rings (SSSR count). The SMILES string of the molecule is CC(C)c1ccccc1C#CCS. The summed E-state index contributed by atoms with van der Waals surface area (Å²) in [4.78, 5) is 0. The third-order valence-corrected chi connectivity index (χ3v) is 2.04. The van der Waals surface area contributed by atoms with E-state index in [0.717, 1.165) is 5.56 Å². The summed E-state index contributed by atoms with van der Waals surface area (Å²) in [6.07, 6.45) is 0. The highest BCUT2D eigenvalue weighted by molar-refractivity contribution is 7.80. The lowest BCUT2D eigenvalue weighted by Crippen LogP contribution is -1.91. The van der Waals surface area contributed by atoms with E-state index in [-0.39, 0.29) is 0 Å². The van der Waals surface area contributed by atoms with Gasteiger partial charge in [-0.1, -0.05) is 43.9 Å². The second-order valence-corrected chi connectivity index (χ2v) is 3.52. The molecule has 1 heteroatoms. The van der Waals surface area contributed by atoms with Crippen molar-refractivity contribution >= 4 is 12.6 Å². The Balaban J connectivity index is 3.05. The zero-order valence-electron chi connectivity index (χ0n) is 8.04. The molecule has 1 aromatic rings. The minimum atomic E-state index is 0.533. The molecule has 0 nitrogen and oxygen atoms in total. The summed E-state index contributed by atoms with van der Waals surface area (Å²) >= 11 is 4.06. The van der Waals surface area contributed by atoms with E-state index in [0.29, 0.717) is 11.7 Å². The van der Waals surface area contributed by atoms with Gasteiger partial charge in [0.1, 0.15) is 0 Å². The lowest BCUT2D eigenvalue weighted by atomic mass is 9.98. The highest BCUT2D eigenvalue weighted by atomic mass is 32.1. The maximum Gasteiger partial charge on any atom is 0.0521 e. The van der Waals surface area contributed by atoms with Crippen LogP contribution in [0.15, 0.2) is 24.3 Å². The second-order valence-electron chi connectivity index (χ2n) is 3.20. The van der Waals surface area contributed by atoms with E-state index in [1.165, 1.54) is 5.56 Å². The Morgan fingerprint density at radius 3 is 2.62 bits per heavy atom. The van der Waals surface area contributed by atoms with E-state index in [1.807, 2.05) is 6.07 Å². The van der Waals surface area contributed by atoms with Crippen LogP contribution in [-0.4, -0.2) is 5.75 Å². The van der Waals surface area contributed by atoms with E-state index in [4.69, 9.17) is 0 Å². The minimum Gasteiger partial charge on any atom is -0.166 e. The molecule has 13 heavy (non-hydrogen) atoms. The molecule has 68 valence electrons. The predicted molar refractivity (Wildman–Crippen MR) is 61.3 cm³/mol. The van der Waals surface area contributed by atoms with Gasteiger partial charge in [0.05, 0.1) is 5.75 Å². The number of hydrogen-bond donors (Lipinski definition) is 1. The quantitative estimate of drug-likeness (QED) is 0.510. The van der Waals surface area contributed by atoms with Gasteiger partial charge in [-0.05, 0) is 17.5 Å². The molecule has 0 amide bonds. The van der Waals surface area contributed by atoms with Crippen LogP contribution in [0.3, 0.4) is 0 Å². The third-order valence-electron chi connectivity index (χ3n) is 1.88. The largest absolute Gasteiger partial charge is 0.166 e. The Kier molecular flexibility index (Phi) is 3.92. The molecule has 0 N–H and O–H groups in total. The van der Waals surface area contributed by atoms with Crippen LogP contribution in [0.2, 0.25) is 0 Å². The first-order valence-electron chi connectivity index (χ1n) is 4.44. The molecule has 0 saturated heterocycles. The van der Waals surface area contributed by atoms with Gasteiger partial charge in [-0.2, -0.15) is 12.6 Å². The van der Waals surface area contributed by atoms with Crippen molar-refractivity contribution < 1.29 is 0 Å². The highest BCUT2D eigenvalue weighted by Crippen LogP contribution is 2.17. The molecule has 0 fully saturated rings. The second kappa shape index (κ2) is 4.99. The summed E-state index contributed by atoms with van der Waals surface area (Å²) in [6.45, 7) is 4.36. The first kappa shape index (κ1) is 10.2. The average molecular weight is 190 g/mol. The van der Waals surface area contributed by atoms with Crippen molar-refractivity contribution in [3.05, 3.63) is 35.4 Å². The van der Waals surface area contributed by atoms with Crippen molar-refractivity contribution in [1.29, 1.82) is 0 Å². The number of benzene rings is 1. The number of thiol groups is 1. The maximum absolute atomic E-state index is 4.06. The summed E-state index contributed by atoms with van der Waals surface area (Å²) in [5.74, 6) is 7.24.